The zero-order chi connectivity index (χ0) is 21.2. The van der Waals surface area contributed by atoms with E-state index in [1.54, 1.807) is 23.3 Å². The predicted octanol–water partition coefficient (Wildman–Crippen LogP) is 3.69. The van der Waals surface area contributed by atoms with Crippen LogP contribution >= 0.6 is 0 Å². The molecule has 3 aromatic heterocycles. The van der Waals surface area contributed by atoms with Crippen molar-refractivity contribution in [2.24, 2.45) is 0 Å². The standard InChI is InChI=1S/C23H22N6O2/c1-2-15-3-5-16(6-4-15)12-25-22(30)19-13-29(14-26-19)20-11-18(9-10-24-20)23-27-21(28-31-23)17-7-8-17/h3-6,9-11,13-14,17H,2,7-8,12H2,1H3,(H,25,30). The first-order chi connectivity index (χ1) is 15.2. The maximum Gasteiger partial charge on any atom is 0.271 e. The van der Waals surface area contributed by atoms with Gasteiger partial charge in [0.05, 0.1) is 0 Å². The lowest BCUT2D eigenvalue weighted by Crippen LogP contribution is -2.23. The highest BCUT2D eigenvalue weighted by Crippen LogP contribution is 2.38. The molecule has 0 unspecified atom stereocenters. The first-order valence-electron chi connectivity index (χ1n) is 10.4. The van der Waals surface area contributed by atoms with Crippen molar-refractivity contribution in [3.8, 4) is 17.3 Å². The molecule has 0 spiro atoms. The fourth-order valence-electron chi connectivity index (χ4n) is 3.28. The number of nitrogens with one attached hydrogen (secondary N) is 1. The van der Waals surface area contributed by atoms with Gasteiger partial charge in [0.2, 0.25) is 0 Å². The minimum absolute atomic E-state index is 0.236. The van der Waals surface area contributed by atoms with Gasteiger partial charge in [-0.2, -0.15) is 4.98 Å². The van der Waals surface area contributed by atoms with E-state index in [-0.39, 0.29) is 5.91 Å². The molecule has 1 aliphatic carbocycles. The van der Waals surface area contributed by atoms with Gasteiger partial charge in [0, 0.05) is 30.4 Å². The normalized spacial score (nSPS) is 13.3. The average molecular weight is 414 g/mol. The molecule has 4 aromatic rings. The van der Waals surface area contributed by atoms with Crippen molar-refractivity contribution in [2.45, 2.75) is 38.6 Å². The summed E-state index contributed by atoms with van der Waals surface area (Å²) in [6, 6.07) is 11.9. The summed E-state index contributed by atoms with van der Waals surface area (Å²) in [7, 11) is 0. The summed E-state index contributed by atoms with van der Waals surface area (Å²) in [6.07, 6.45) is 8.12. The third kappa shape index (κ3) is 4.23. The molecule has 1 fully saturated rings. The Balaban J connectivity index is 1.27. The van der Waals surface area contributed by atoms with E-state index >= 15 is 0 Å². The third-order valence-electron chi connectivity index (χ3n) is 5.34. The van der Waals surface area contributed by atoms with Crippen LogP contribution in [0, 0.1) is 0 Å². The number of amides is 1. The highest BCUT2D eigenvalue weighted by atomic mass is 16.5. The summed E-state index contributed by atoms with van der Waals surface area (Å²) in [5.74, 6) is 2.04. The van der Waals surface area contributed by atoms with E-state index in [9.17, 15) is 4.79 Å². The molecule has 3 heterocycles. The number of aryl methyl sites for hydroxylation is 1. The summed E-state index contributed by atoms with van der Waals surface area (Å²) in [5.41, 5.74) is 3.42. The second-order valence-electron chi connectivity index (χ2n) is 7.65. The first-order valence-corrected chi connectivity index (χ1v) is 10.4. The second kappa shape index (κ2) is 8.14. The zero-order valence-electron chi connectivity index (χ0n) is 17.2. The van der Waals surface area contributed by atoms with E-state index < -0.39 is 0 Å². The minimum atomic E-state index is -0.236. The molecule has 0 aliphatic heterocycles. The van der Waals surface area contributed by atoms with Gasteiger partial charge in [-0.3, -0.25) is 9.36 Å². The van der Waals surface area contributed by atoms with E-state index in [1.807, 2.05) is 24.3 Å². The van der Waals surface area contributed by atoms with Crippen LogP contribution in [-0.2, 0) is 13.0 Å². The van der Waals surface area contributed by atoms with Gasteiger partial charge in [-0.05, 0) is 42.5 Å². The topological polar surface area (TPSA) is 98.7 Å². The number of carbonyl (C=O) groups excluding carboxylic acids is 1. The molecule has 8 heteroatoms. The van der Waals surface area contributed by atoms with Gasteiger partial charge in [-0.25, -0.2) is 9.97 Å². The van der Waals surface area contributed by atoms with Crippen molar-refractivity contribution >= 4 is 5.91 Å². The molecular formula is C23H22N6O2. The number of nitrogens with zero attached hydrogens (tertiary/aromatic N) is 5. The quantitative estimate of drug-likeness (QED) is 0.495. The third-order valence-corrected chi connectivity index (χ3v) is 5.34. The Kier molecular flexibility index (Phi) is 5.03. The lowest BCUT2D eigenvalue weighted by atomic mass is 10.1. The Hall–Kier alpha value is -3.81. The van der Waals surface area contributed by atoms with Crippen LogP contribution in [0.25, 0.3) is 17.3 Å². The van der Waals surface area contributed by atoms with E-state index in [0.29, 0.717) is 29.9 Å². The van der Waals surface area contributed by atoms with Gasteiger partial charge in [-0.1, -0.05) is 36.3 Å². The summed E-state index contributed by atoms with van der Waals surface area (Å²) < 4.78 is 7.10. The lowest BCUT2D eigenvalue weighted by Gasteiger charge is -2.05. The van der Waals surface area contributed by atoms with Crippen LogP contribution in [0.15, 0.2) is 59.6 Å². The maximum absolute atomic E-state index is 12.5. The van der Waals surface area contributed by atoms with Crippen molar-refractivity contribution in [2.75, 3.05) is 0 Å². The summed E-state index contributed by atoms with van der Waals surface area (Å²) >= 11 is 0. The number of benzene rings is 1. The monoisotopic (exact) mass is 414 g/mol. The van der Waals surface area contributed by atoms with Crippen molar-refractivity contribution < 1.29 is 9.32 Å². The minimum Gasteiger partial charge on any atom is -0.347 e. The number of rotatable bonds is 7. The molecule has 5 rings (SSSR count). The van der Waals surface area contributed by atoms with E-state index in [4.69, 9.17) is 4.52 Å². The second-order valence-corrected chi connectivity index (χ2v) is 7.65. The number of pyridine rings is 1. The summed E-state index contributed by atoms with van der Waals surface area (Å²) in [5, 5.41) is 6.97. The Bertz CT molecular complexity index is 1210. The van der Waals surface area contributed by atoms with Crippen molar-refractivity contribution in [3.63, 3.8) is 0 Å². The number of aromatic nitrogens is 5. The molecule has 0 bridgehead atoms. The number of carbonyl (C=O) groups is 1. The molecule has 1 N–H and O–H groups in total. The molecule has 31 heavy (non-hydrogen) atoms. The average Bonchev–Trinajstić information content (AvgIpc) is 3.34. The molecule has 1 amide bonds. The molecule has 156 valence electrons. The van der Waals surface area contributed by atoms with Crippen molar-refractivity contribution in [1.82, 2.24) is 30.0 Å². The highest BCUT2D eigenvalue weighted by Gasteiger charge is 2.29. The van der Waals surface area contributed by atoms with Crippen LogP contribution in [0.1, 0.15) is 53.1 Å². The van der Waals surface area contributed by atoms with Gasteiger partial charge in [0.1, 0.15) is 17.8 Å². The van der Waals surface area contributed by atoms with Crippen LogP contribution in [-0.4, -0.2) is 30.6 Å². The van der Waals surface area contributed by atoms with Gasteiger partial charge in [0.25, 0.3) is 11.8 Å². The Labute approximate surface area is 179 Å². The summed E-state index contributed by atoms with van der Waals surface area (Å²) in [4.78, 5) is 25.6. The zero-order valence-corrected chi connectivity index (χ0v) is 17.2. The Morgan fingerprint density at radius 3 is 2.74 bits per heavy atom. The molecule has 0 atom stereocenters. The molecule has 1 aromatic carbocycles. The first kappa shape index (κ1) is 19.2. The SMILES string of the molecule is CCc1ccc(CNC(=O)c2cn(-c3cc(-c4nc(C5CC5)no4)ccn3)cn2)cc1. The highest BCUT2D eigenvalue weighted by molar-refractivity contribution is 5.92. The van der Waals surface area contributed by atoms with Crippen LogP contribution in [0.5, 0.6) is 0 Å². The van der Waals surface area contributed by atoms with Crippen LogP contribution < -0.4 is 5.32 Å². The van der Waals surface area contributed by atoms with Gasteiger partial charge in [-0.15, -0.1) is 0 Å². The van der Waals surface area contributed by atoms with Gasteiger partial charge in [0.15, 0.2) is 5.82 Å². The smallest absolute Gasteiger partial charge is 0.271 e. The fraction of sp³-hybridized carbons (Fsp3) is 0.261. The van der Waals surface area contributed by atoms with Crippen LogP contribution in [0.3, 0.4) is 0 Å². The largest absolute Gasteiger partial charge is 0.347 e. The summed E-state index contributed by atoms with van der Waals surface area (Å²) in [6.45, 7) is 2.56. The number of hydrogen-bond acceptors (Lipinski definition) is 6. The number of imidazole rings is 1. The molecular weight excluding hydrogens is 392 g/mol. The van der Waals surface area contributed by atoms with Crippen molar-refractivity contribution in [3.05, 3.63) is 77.8 Å². The predicted molar refractivity (Wildman–Crippen MR) is 114 cm³/mol. The van der Waals surface area contributed by atoms with Gasteiger partial charge >= 0.3 is 0 Å². The van der Waals surface area contributed by atoms with E-state index in [2.05, 4.69) is 44.5 Å². The van der Waals surface area contributed by atoms with Gasteiger partial charge < -0.3 is 9.84 Å². The molecule has 0 saturated heterocycles. The lowest BCUT2D eigenvalue weighted by molar-refractivity contribution is 0.0946. The molecule has 1 saturated carbocycles. The van der Waals surface area contributed by atoms with Crippen LogP contribution in [0.2, 0.25) is 0 Å². The van der Waals surface area contributed by atoms with Crippen molar-refractivity contribution in [1.29, 1.82) is 0 Å². The maximum atomic E-state index is 12.5. The Morgan fingerprint density at radius 1 is 1.16 bits per heavy atom. The van der Waals surface area contributed by atoms with E-state index in [1.165, 1.54) is 5.56 Å². The molecule has 8 nitrogen and oxygen atoms in total. The molecule has 1 aliphatic rings. The number of hydrogen-bond donors (Lipinski definition) is 1. The molecule has 0 radical (unpaired) electrons. The van der Waals surface area contributed by atoms with Crippen LogP contribution in [0.4, 0.5) is 0 Å². The van der Waals surface area contributed by atoms with E-state index in [0.717, 1.165) is 36.2 Å². The fourth-order valence-corrected chi connectivity index (χ4v) is 3.28. The Morgan fingerprint density at radius 2 is 1.97 bits per heavy atom.